The number of hydrogen-bond donors (Lipinski definition) is 3. The zero-order chi connectivity index (χ0) is 27.8. The number of hydrogen-bond acceptors (Lipinski definition) is 3. The van der Waals surface area contributed by atoms with E-state index >= 15 is 0 Å². The van der Waals surface area contributed by atoms with Gasteiger partial charge in [0.25, 0.3) is 0 Å². The summed E-state index contributed by atoms with van der Waals surface area (Å²) in [6.45, 7) is 25.6. The van der Waals surface area contributed by atoms with Crippen molar-refractivity contribution in [2.24, 2.45) is 0 Å². The molecule has 0 saturated heterocycles. The van der Waals surface area contributed by atoms with Crippen molar-refractivity contribution >= 4 is 22.0 Å². The number of allylic oxidation sites excluding steroid dienone is 1. The first-order valence-electron chi connectivity index (χ1n) is 13.4. The fraction of sp³-hybridized carbons (Fsp3) is 0.394. The van der Waals surface area contributed by atoms with E-state index in [1.54, 1.807) is 6.20 Å². The number of likely N-dealkylation sites (N-methyl/N-ethyl adjacent to an activating group) is 1. The van der Waals surface area contributed by atoms with Gasteiger partial charge in [-0.2, -0.15) is 0 Å². The Kier molecular flexibility index (Phi) is 15.0. The van der Waals surface area contributed by atoms with Crippen LogP contribution in [0.1, 0.15) is 62.8 Å². The summed E-state index contributed by atoms with van der Waals surface area (Å²) in [5.74, 6) is 0. The van der Waals surface area contributed by atoms with Crippen molar-refractivity contribution < 1.29 is 0 Å². The van der Waals surface area contributed by atoms with Crippen LogP contribution in [0.25, 0.3) is 22.0 Å². The molecule has 0 bridgehead atoms. The molecule has 0 radical (unpaired) electrons. The molecule has 2 aromatic carbocycles. The smallest absolute Gasteiger partial charge is 0.0460 e. The molecule has 1 unspecified atom stereocenters. The first kappa shape index (κ1) is 31.9. The zero-order valence-electron chi connectivity index (χ0n) is 24.4. The molecule has 3 rings (SSSR count). The Bertz CT molecular complexity index is 1110. The highest BCUT2D eigenvalue weighted by Crippen LogP contribution is 2.26. The van der Waals surface area contributed by atoms with E-state index in [0.717, 1.165) is 29.8 Å². The summed E-state index contributed by atoms with van der Waals surface area (Å²) in [5, 5.41) is 7.03. The summed E-state index contributed by atoms with van der Waals surface area (Å²) in [6, 6.07) is 15.9. The molecule has 0 aliphatic rings. The minimum absolute atomic E-state index is 0.681. The number of rotatable bonds is 11. The van der Waals surface area contributed by atoms with Crippen LogP contribution in [0.3, 0.4) is 0 Å². The second-order valence-electron chi connectivity index (χ2n) is 9.59. The molecule has 3 N–H and O–H groups in total. The first-order chi connectivity index (χ1) is 17.7. The summed E-state index contributed by atoms with van der Waals surface area (Å²) in [4.78, 5) is 5.85. The molecular weight excluding hydrogens is 452 g/mol. The molecule has 1 atom stereocenters. The normalized spacial score (nSPS) is 11.1. The summed E-state index contributed by atoms with van der Waals surface area (Å²) < 4.78 is 0. The number of H-pyrrole nitrogens is 1. The Hall–Kier alpha value is -3.08. The second-order valence-corrected chi connectivity index (χ2v) is 9.59. The monoisotopic (exact) mass is 502 g/mol. The third-order valence-electron chi connectivity index (χ3n) is 6.34. The Morgan fingerprint density at radius 3 is 2.35 bits per heavy atom. The van der Waals surface area contributed by atoms with Crippen LogP contribution < -0.4 is 10.6 Å². The van der Waals surface area contributed by atoms with E-state index < -0.39 is 0 Å². The molecule has 0 spiro atoms. The van der Waals surface area contributed by atoms with Crippen LogP contribution in [0.2, 0.25) is 0 Å². The maximum atomic E-state index is 4.11. The number of aromatic amines is 1. The van der Waals surface area contributed by atoms with Gasteiger partial charge in [-0.1, -0.05) is 75.1 Å². The molecule has 1 heterocycles. The largest absolute Gasteiger partial charge is 0.394 e. The van der Waals surface area contributed by atoms with Gasteiger partial charge in [0.2, 0.25) is 0 Å². The lowest BCUT2D eigenvalue weighted by atomic mass is 10.0. The van der Waals surface area contributed by atoms with Gasteiger partial charge in [0.05, 0.1) is 0 Å². The highest BCUT2D eigenvalue weighted by Gasteiger charge is 2.11. The maximum Gasteiger partial charge on any atom is 0.0460 e. The average Bonchev–Trinajstić information content (AvgIpc) is 3.32. The van der Waals surface area contributed by atoms with Crippen LogP contribution in [0.5, 0.6) is 0 Å². The van der Waals surface area contributed by atoms with Gasteiger partial charge in [0.15, 0.2) is 0 Å². The van der Waals surface area contributed by atoms with E-state index in [1.165, 1.54) is 47.0 Å². The third-order valence-corrected chi connectivity index (χ3v) is 6.34. The van der Waals surface area contributed by atoms with Crippen molar-refractivity contribution in [3.8, 4) is 0 Å². The van der Waals surface area contributed by atoms with Crippen molar-refractivity contribution in [2.75, 3.05) is 27.2 Å². The van der Waals surface area contributed by atoms with E-state index in [2.05, 4.69) is 110 Å². The number of aryl methyl sites for hydroxylation is 1. The van der Waals surface area contributed by atoms with E-state index in [1.807, 2.05) is 27.2 Å². The van der Waals surface area contributed by atoms with E-state index in [0.29, 0.717) is 6.04 Å². The SMILES string of the molecule is C=C(C)c1ccc2[nH]cc(C(=C)CNC)c2c1.C=CNC.CCCN(Cc1cccc(C)c1)C(C)CC. The Balaban J connectivity index is 0.000000324. The van der Waals surface area contributed by atoms with Crippen molar-refractivity contribution in [3.63, 3.8) is 0 Å². The highest BCUT2D eigenvalue weighted by molar-refractivity contribution is 5.94. The zero-order valence-corrected chi connectivity index (χ0v) is 24.4. The number of fused-ring (bicyclic) bond motifs is 1. The number of benzene rings is 2. The second kappa shape index (κ2) is 17.4. The molecular formula is C33H50N4. The Morgan fingerprint density at radius 1 is 1.11 bits per heavy atom. The Labute approximate surface area is 226 Å². The van der Waals surface area contributed by atoms with Crippen LogP contribution in [0.15, 0.2) is 74.6 Å². The van der Waals surface area contributed by atoms with E-state index in [-0.39, 0.29) is 0 Å². The summed E-state index contributed by atoms with van der Waals surface area (Å²) in [7, 11) is 3.74. The molecule has 3 aromatic rings. The minimum Gasteiger partial charge on any atom is -0.394 e. The predicted octanol–water partition coefficient (Wildman–Crippen LogP) is 7.79. The van der Waals surface area contributed by atoms with Gasteiger partial charge < -0.3 is 15.6 Å². The average molecular weight is 503 g/mol. The molecule has 0 aliphatic carbocycles. The molecule has 0 fully saturated rings. The molecule has 4 nitrogen and oxygen atoms in total. The number of nitrogens with zero attached hydrogens (tertiary/aromatic N) is 1. The fourth-order valence-electron chi connectivity index (χ4n) is 4.03. The van der Waals surface area contributed by atoms with Gasteiger partial charge in [0.1, 0.15) is 0 Å². The standard InChI is InChI=1S/C15H18N2.C15H25N.C3H7N/c1-10(2)12-5-6-15-13(7-12)14(9-17-15)11(3)8-16-4;1-5-10-16(14(4)6-2)12-15-9-7-8-13(3)11-15;1-3-4-2/h5-7,9,16-17H,1,3,8H2,2,4H3;7-9,11,14H,5-6,10,12H2,1-4H3;3-4H,1H2,2H3. The fourth-order valence-corrected chi connectivity index (χ4v) is 4.03. The minimum atomic E-state index is 0.681. The van der Waals surface area contributed by atoms with Gasteiger partial charge in [0, 0.05) is 48.8 Å². The van der Waals surface area contributed by atoms with E-state index in [9.17, 15) is 0 Å². The van der Waals surface area contributed by atoms with Crippen LogP contribution in [-0.2, 0) is 6.54 Å². The Morgan fingerprint density at radius 2 is 1.81 bits per heavy atom. The molecule has 1 aromatic heterocycles. The molecule has 202 valence electrons. The van der Waals surface area contributed by atoms with Crippen LogP contribution in [0.4, 0.5) is 0 Å². The highest BCUT2D eigenvalue weighted by atomic mass is 15.1. The topological polar surface area (TPSA) is 43.1 Å². The summed E-state index contributed by atoms with van der Waals surface area (Å²) in [6.07, 6.45) is 6.11. The first-order valence-corrected chi connectivity index (χ1v) is 13.4. The maximum absolute atomic E-state index is 4.11. The molecule has 4 heteroatoms. The molecule has 0 amide bonds. The van der Waals surface area contributed by atoms with Crippen molar-refractivity contribution in [2.45, 2.75) is 60.0 Å². The van der Waals surface area contributed by atoms with Crippen LogP contribution in [0, 0.1) is 6.92 Å². The van der Waals surface area contributed by atoms with Crippen LogP contribution in [-0.4, -0.2) is 43.1 Å². The van der Waals surface area contributed by atoms with Gasteiger partial charge in [-0.3, -0.25) is 4.90 Å². The number of aromatic nitrogens is 1. The van der Waals surface area contributed by atoms with Crippen LogP contribution >= 0.6 is 0 Å². The molecule has 37 heavy (non-hydrogen) atoms. The van der Waals surface area contributed by atoms with Crippen molar-refractivity contribution in [1.82, 2.24) is 20.5 Å². The van der Waals surface area contributed by atoms with E-state index in [4.69, 9.17) is 0 Å². The van der Waals surface area contributed by atoms with Gasteiger partial charge in [-0.25, -0.2) is 0 Å². The van der Waals surface area contributed by atoms with Gasteiger partial charge >= 0.3 is 0 Å². The number of nitrogens with one attached hydrogen (secondary N) is 3. The predicted molar refractivity (Wildman–Crippen MR) is 167 cm³/mol. The molecule has 0 aliphatic heterocycles. The van der Waals surface area contributed by atoms with Gasteiger partial charge in [-0.05, 0) is 82.2 Å². The summed E-state index contributed by atoms with van der Waals surface area (Å²) >= 11 is 0. The van der Waals surface area contributed by atoms with Gasteiger partial charge in [-0.15, -0.1) is 0 Å². The lowest BCUT2D eigenvalue weighted by Gasteiger charge is -2.28. The third kappa shape index (κ3) is 10.8. The quantitative estimate of drug-likeness (QED) is 0.251. The molecule has 0 saturated carbocycles. The van der Waals surface area contributed by atoms with Crippen molar-refractivity contribution in [1.29, 1.82) is 0 Å². The lowest BCUT2D eigenvalue weighted by molar-refractivity contribution is 0.195. The summed E-state index contributed by atoms with van der Waals surface area (Å²) in [5.41, 5.74) is 8.47. The lowest BCUT2D eigenvalue weighted by Crippen LogP contribution is -2.32. The van der Waals surface area contributed by atoms with Crippen molar-refractivity contribution in [3.05, 3.63) is 96.9 Å².